The molecule has 2 aromatic carbocycles. The van der Waals surface area contributed by atoms with Gasteiger partial charge in [-0.2, -0.15) is 0 Å². The SMILES string of the molecule is CN(C)C(=S)Oc1ccc(C(=O)Nc2ccc(F)cc2)cc1. The summed E-state index contributed by atoms with van der Waals surface area (Å²) in [5.74, 6) is -0.0817. The third-order valence-corrected chi connectivity index (χ3v) is 3.24. The number of rotatable bonds is 3. The molecule has 0 aliphatic carbocycles. The van der Waals surface area contributed by atoms with Gasteiger partial charge < -0.3 is 15.0 Å². The molecule has 0 fully saturated rings. The van der Waals surface area contributed by atoms with Crippen LogP contribution in [-0.4, -0.2) is 30.1 Å². The largest absolute Gasteiger partial charge is 0.432 e. The monoisotopic (exact) mass is 318 g/mol. The normalized spacial score (nSPS) is 9.95. The van der Waals surface area contributed by atoms with Gasteiger partial charge in [0.1, 0.15) is 11.6 Å². The van der Waals surface area contributed by atoms with Crippen molar-refractivity contribution in [1.82, 2.24) is 4.90 Å². The van der Waals surface area contributed by atoms with E-state index in [4.69, 9.17) is 17.0 Å². The Kier molecular flexibility index (Phi) is 5.06. The molecule has 4 nitrogen and oxygen atoms in total. The first-order chi connectivity index (χ1) is 10.5. The van der Waals surface area contributed by atoms with Crippen LogP contribution in [0.4, 0.5) is 10.1 Å². The summed E-state index contributed by atoms with van der Waals surface area (Å²) >= 11 is 5.04. The Labute approximate surface area is 133 Å². The summed E-state index contributed by atoms with van der Waals surface area (Å²) in [7, 11) is 3.57. The Balaban J connectivity index is 2.02. The molecule has 0 aliphatic heterocycles. The number of anilines is 1. The van der Waals surface area contributed by atoms with Gasteiger partial charge in [-0.1, -0.05) is 0 Å². The third kappa shape index (κ3) is 4.26. The Bertz CT molecular complexity index is 670. The van der Waals surface area contributed by atoms with E-state index in [1.807, 2.05) is 0 Å². The lowest BCUT2D eigenvalue weighted by Crippen LogP contribution is -2.25. The molecular formula is C16H15FN2O2S. The van der Waals surface area contributed by atoms with Crippen LogP contribution < -0.4 is 10.1 Å². The first-order valence-corrected chi connectivity index (χ1v) is 6.92. The number of nitrogens with one attached hydrogen (secondary N) is 1. The van der Waals surface area contributed by atoms with Crippen LogP contribution in [0.2, 0.25) is 0 Å². The summed E-state index contributed by atoms with van der Waals surface area (Å²) in [6.45, 7) is 0. The van der Waals surface area contributed by atoms with Crippen molar-refractivity contribution in [3.8, 4) is 5.75 Å². The van der Waals surface area contributed by atoms with Crippen LogP contribution in [0.1, 0.15) is 10.4 Å². The van der Waals surface area contributed by atoms with Crippen molar-refractivity contribution in [2.75, 3.05) is 19.4 Å². The molecule has 0 saturated heterocycles. The van der Waals surface area contributed by atoms with Gasteiger partial charge in [-0.3, -0.25) is 4.79 Å². The molecule has 0 saturated carbocycles. The number of amides is 1. The fraction of sp³-hybridized carbons (Fsp3) is 0.125. The Morgan fingerprint density at radius 3 is 2.23 bits per heavy atom. The third-order valence-electron chi connectivity index (χ3n) is 2.79. The fourth-order valence-electron chi connectivity index (χ4n) is 1.60. The topological polar surface area (TPSA) is 41.6 Å². The van der Waals surface area contributed by atoms with Gasteiger partial charge in [-0.05, 0) is 60.7 Å². The minimum atomic E-state index is -0.351. The van der Waals surface area contributed by atoms with E-state index in [9.17, 15) is 9.18 Å². The van der Waals surface area contributed by atoms with Gasteiger partial charge >= 0.3 is 0 Å². The molecule has 114 valence electrons. The predicted molar refractivity (Wildman–Crippen MR) is 87.7 cm³/mol. The Morgan fingerprint density at radius 1 is 1.09 bits per heavy atom. The molecule has 0 aliphatic rings. The van der Waals surface area contributed by atoms with Gasteiger partial charge in [0.15, 0.2) is 0 Å². The second-order valence-electron chi connectivity index (χ2n) is 4.75. The van der Waals surface area contributed by atoms with E-state index in [0.29, 0.717) is 22.2 Å². The zero-order valence-electron chi connectivity index (χ0n) is 12.2. The molecule has 0 atom stereocenters. The summed E-state index contributed by atoms with van der Waals surface area (Å²) < 4.78 is 18.2. The van der Waals surface area contributed by atoms with E-state index in [1.165, 1.54) is 24.3 Å². The van der Waals surface area contributed by atoms with Gasteiger partial charge in [0.25, 0.3) is 11.1 Å². The molecule has 0 aromatic heterocycles. The molecule has 2 rings (SSSR count). The van der Waals surface area contributed by atoms with Crippen molar-refractivity contribution in [1.29, 1.82) is 0 Å². The minimum absolute atomic E-state index is 0.284. The highest BCUT2D eigenvalue weighted by molar-refractivity contribution is 7.80. The number of carbonyl (C=O) groups is 1. The van der Waals surface area contributed by atoms with Crippen LogP contribution in [0.25, 0.3) is 0 Å². The van der Waals surface area contributed by atoms with Crippen molar-refractivity contribution in [2.45, 2.75) is 0 Å². The smallest absolute Gasteiger partial charge is 0.264 e. The average Bonchev–Trinajstić information content (AvgIpc) is 2.50. The molecule has 2 aromatic rings. The molecule has 0 radical (unpaired) electrons. The second-order valence-corrected chi connectivity index (χ2v) is 5.10. The molecule has 1 amide bonds. The van der Waals surface area contributed by atoms with E-state index in [-0.39, 0.29) is 11.7 Å². The van der Waals surface area contributed by atoms with Crippen LogP contribution in [0.15, 0.2) is 48.5 Å². The van der Waals surface area contributed by atoms with Crippen molar-refractivity contribution >= 4 is 29.0 Å². The lowest BCUT2D eigenvalue weighted by molar-refractivity contribution is 0.102. The summed E-state index contributed by atoms with van der Waals surface area (Å²) in [5, 5.41) is 3.02. The fourth-order valence-corrected chi connectivity index (χ4v) is 1.70. The minimum Gasteiger partial charge on any atom is -0.432 e. The first kappa shape index (κ1) is 15.9. The van der Waals surface area contributed by atoms with Gasteiger partial charge in [0, 0.05) is 25.3 Å². The van der Waals surface area contributed by atoms with Gasteiger partial charge in [0.2, 0.25) is 0 Å². The maximum Gasteiger partial charge on any atom is 0.264 e. The van der Waals surface area contributed by atoms with Crippen LogP contribution >= 0.6 is 12.2 Å². The lowest BCUT2D eigenvalue weighted by atomic mass is 10.2. The molecule has 1 N–H and O–H groups in total. The second kappa shape index (κ2) is 7.00. The molecule has 22 heavy (non-hydrogen) atoms. The average molecular weight is 318 g/mol. The number of ether oxygens (including phenoxy) is 1. The quantitative estimate of drug-likeness (QED) is 0.882. The predicted octanol–water partition coefficient (Wildman–Crippen LogP) is 3.30. The maximum absolute atomic E-state index is 12.8. The highest BCUT2D eigenvalue weighted by Gasteiger charge is 2.08. The summed E-state index contributed by atoms with van der Waals surface area (Å²) in [4.78, 5) is 13.7. The molecular weight excluding hydrogens is 303 g/mol. The van der Waals surface area contributed by atoms with Crippen LogP contribution in [0.3, 0.4) is 0 Å². The summed E-state index contributed by atoms with van der Waals surface area (Å²) in [6.07, 6.45) is 0. The van der Waals surface area contributed by atoms with E-state index in [1.54, 1.807) is 43.3 Å². The maximum atomic E-state index is 12.8. The Morgan fingerprint density at radius 2 is 1.68 bits per heavy atom. The lowest BCUT2D eigenvalue weighted by Gasteiger charge is -2.14. The van der Waals surface area contributed by atoms with Crippen molar-refractivity contribution in [2.24, 2.45) is 0 Å². The number of carbonyl (C=O) groups excluding carboxylic acids is 1. The van der Waals surface area contributed by atoms with Gasteiger partial charge in [-0.25, -0.2) is 4.39 Å². The first-order valence-electron chi connectivity index (χ1n) is 6.52. The van der Waals surface area contributed by atoms with Gasteiger partial charge in [-0.15, -0.1) is 0 Å². The number of hydrogen-bond donors (Lipinski definition) is 1. The van der Waals surface area contributed by atoms with Crippen LogP contribution in [0, 0.1) is 5.82 Å². The van der Waals surface area contributed by atoms with Crippen LogP contribution in [-0.2, 0) is 0 Å². The zero-order valence-corrected chi connectivity index (χ0v) is 13.0. The van der Waals surface area contributed by atoms with E-state index >= 15 is 0 Å². The van der Waals surface area contributed by atoms with Gasteiger partial charge in [0.05, 0.1) is 0 Å². The Hall–Kier alpha value is -2.47. The highest BCUT2D eigenvalue weighted by Crippen LogP contribution is 2.15. The van der Waals surface area contributed by atoms with Crippen molar-refractivity contribution in [3.63, 3.8) is 0 Å². The van der Waals surface area contributed by atoms with E-state index in [2.05, 4.69) is 5.32 Å². The number of nitrogens with zero attached hydrogens (tertiary/aromatic N) is 1. The highest BCUT2D eigenvalue weighted by atomic mass is 32.1. The number of halogens is 1. The van der Waals surface area contributed by atoms with Crippen molar-refractivity contribution in [3.05, 3.63) is 59.9 Å². The molecule has 6 heteroatoms. The molecule has 0 spiro atoms. The number of hydrogen-bond acceptors (Lipinski definition) is 3. The van der Waals surface area contributed by atoms with E-state index in [0.717, 1.165) is 0 Å². The summed E-state index contributed by atoms with van der Waals surface area (Å²) in [5.41, 5.74) is 0.993. The molecule has 0 bridgehead atoms. The van der Waals surface area contributed by atoms with Crippen molar-refractivity contribution < 1.29 is 13.9 Å². The molecule has 0 unspecified atom stereocenters. The number of benzene rings is 2. The standard InChI is InChI=1S/C16H15FN2O2S/c1-19(2)16(22)21-14-9-3-11(4-10-14)15(20)18-13-7-5-12(17)6-8-13/h3-10H,1-2H3,(H,18,20). The number of thiocarbonyl (C=S) groups is 1. The zero-order chi connectivity index (χ0) is 16.1. The van der Waals surface area contributed by atoms with E-state index < -0.39 is 0 Å². The van der Waals surface area contributed by atoms with Crippen LogP contribution in [0.5, 0.6) is 5.75 Å². The molecule has 0 heterocycles. The summed E-state index contributed by atoms with van der Waals surface area (Å²) in [6, 6.07) is 12.2.